The Kier molecular flexibility index (Phi) is 3.37. The molecule has 0 spiro atoms. The lowest BCUT2D eigenvalue weighted by molar-refractivity contribution is 0.127. The second kappa shape index (κ2) is 4.89. The van der Waals surface area contributed by atoms with Crippen LogP contribution in [0.5, 0.6) is 0 Å². The van der Waals surface area contributed by atoms with E-state index in [0.29, 0.717) is 5.92 Å². The number of imidazole rings is 1. The quantitative estimate of drug-likeness (QED) is 0.936. The summed E-state index contributed by atoms with van der Waals surface area (Å²) in [4.78, 5) is 9.46. The number of aryl methyl sites for hydroxylation is 2. The van der Waals surface area contributed by atoms with Crippen molar-refractivity contribution in [1.82, 2.24) is 14.3 Å². The van der Waals surface area contributed by atoms with Gasteiger partial charge in [0.25, 0.3) is 0 Å². The van der Waals surface area contributed by atoms with Crippen molar-refractivity contribution in [3.05, 3.63) is 22.5 Å². The molecule has 1 saturated heterocycles. The zero-order valence-electron chi connectivity index (χ0n) is 11.8. The van der Waals surface area contributed by atoms with Crippen molar-refractivity contribution in [3.8, 4) is 0 Å². The maximum absolute atomic E-state index is 9.68. The first-order chi connectivity index (χ1) is 9.04. The van der Waals surface area contributed by atoms with E-state index in [1.54, 1.807) is 11.3 Å². The maximum Gasteiger partial charge on any atom is 0.194 e. The molecule has 0 aromatic carbocycles. The van der Waals surface area contributed by atoms with Crippen molar-refractivity contribution in [2.24, 2.45) is 5.92 Å². The Balaban J connectivity index is 1.80. The van der Waals surface area contributed by atoms with Crippen molar-refractivity contribution >= 4 is 16.3 Å². The molecule has 1 aliphatic heterocycles. The molecule has 0 bridgehead atoms. The molecule has 1 fully saturated rings. The highest BCUT2D eigenvalue weighted by molar-refractivity contribution is 7.17. The zero-order valence-corrected chi connectivity index (χ0v) is 12.6. The summed E-state index contributed by atoms with van der Waals surface area (Å²) >= 11 is 1.74. The van der Waals surface area contributed by atoms with Gasteiger partial charge in [0, 0.05) is 24.2 Å². The first kappa shape index (κ1) is 13.1. The van der Waals surface area contributed by atoms with Crippen LogP contribution in [0.15, 0.2) is 6.20 Å². The largest absolute Gasteiger partial charge is 0.393 e. The van der Waals surface area contributed by atoms with Gasteiger partial charge < -0.3 is 5.11 Å². The van der Waals surface area contributed by atoms with Crippen LogP contribution in [0.4, 0.5) is 0 Å². The third-order valence-corrected chi connectivity index (χ3v) is 5.00. The molecular formula is C14H21N3OS. The summed E-state index contributed by atoms with van der Waals surface area (Å²) in [5.41, 5.74) is 2.43. The fourth-order valence-corrected chi connectivity index (χ4v) is 3.80. The van der Waals surface area contributed by atoms with Gasteiger partial charge in [-0.05, 0) is 39.7 Å². The molecular weight excluding hydrogens is 258 g/mol. The SMILES string of the molecule is Cc1cn2c(CN3CCC(C(C)O)C3)c(C)nc2s1. The predicted molar refractivity (Wildman–Crippen MR) is 77.6 cm³/mol. The van der Waals surface area contributed by atoms with E-state index in [2.05, 4.69) is 34.3 Å². The number of thiazole rings is 1. The lowest BCUT2D eigenvalue weighted by Crippen LogP contribution is -2.24. The van der Waals surface area contributed by atoms with Crippen LogP contribution in [0.25, 0.3) is 4.96 Å². The number of hydrogen-bond acceptors (Lipinski definition) is 4. The van der Waals surface area contributed by atoms with E-state index in [1.165, 1.54) is 10.6 Å². The van der Waals surface area contributed by atoms with Gasteiger partial charge in [0.15, 0.2) is 4.96 Å². The first-order valence-electron chi connectivity index (χ1n) is 6.89. The summed E-state index contributed by atoms with van der Waals surface area (Å²) in [5.74, 6) is 0.424. The van der Waals surface area contributed by atoms with Gasteiger partial charge in [-0.3, -0.25) is 9.30 Å². The van der Waals surface area contributed by atoms with Gasteiger partial charge in [-0.15, -0.1) is 11.3 Å². The lowest BCUT2D eigenvalue weighted by Gasteiger charge is -2.17. The topological polar surface area (TPSA) is 40.8 Å². The van der Waals surface area contributed by atoms with E-state index in [-0.39, 0.29) is 6.10 Å². The molecule has 0 saturated carbocycles. The predicted octanol–water partition coefficient (Wildman–Crippen LogP) is 2.22. The minimum Gasteiger partial charge on any atom is -0.393 e. The fourth-order valence-electron chi connectivity index (χ4n) is 2.91. The Morgan fingerprint density at radius 3 is 3.00 bits per heavy atom. The standard InChI is InChI=1S/C14H21N3OS/c1-9-6-17-13(10(2)15-14(17)19-9)8-16-5-4-12(7-16)11(3)18/h6,11-12,18H,4-5,7-8H2,1-3H3. The molecule has 4 nitrogen and oxygen atoms in total. The van der Waals surface area contributed by atoms with Crippen molar-refractivity contribution in [2.45, 2.75) is 39.8 Å². The maximum atomic E-state index is 9.68. The summed E-state index contributed by atoms with van der Waals surface area (Å²) in [6.07, 6.45) is 3.08. The third-order valence-electron chi connectivity index (χ3n) is 4.11. The molecule has 2 unspecified atom stereocenters. The molecule has 0 radical (unpaired) electrons. The highest BCUT2D eigenvalue weighted by Crippen LogP contribution is 2.25. The molecule has 3 heterocycles. The average molecular weight is 279 g/mol. The van der Waals surface area contributed by atoms with Gasteiger partial charge in [-0.25, -0.2) is 4.98 Å². The Hall–Kier alpha value is -0.910. The number of hydrogen-bond donors (Lipinski definition) is 1. The Morgan fingerprint density at radius 2 is 2.32 bits per heavy atom. The summed E-state index contributed by atoms with van der Waals surface area (Å²) in [6.45, 7) is 9.12. The van der Waals surface area contributed by atoms with Gasteiger partial charge in [0.05, 0.1) is 17.5 Å². The van der Waals surface area contributed by atoms with Crippen LogP contribution >= 0.6 is 11.3 Å². The second-order valence-electron chi connectivity index (χ2n) is 5.66. The molecule has 1 aliphatic rings. The van der Waals surface area contributed by atoms with Gasteiger partial charge in [0.1, 0.15) is 0 Å². The Bertz CT molecular complexity index is 587. The van der Waals surface area contributed by atoms with E-state index in [0.717, 1.165) is 36.7 Å². The summed E-state index contributed by atoms with van der Waals surface area (Å²) in [6, 6.07) is 0. The average Bonchev–Trinajstić information content (AvgIpc) is 2.98. The second-order valence-corrected chi connectivity index (χ2v) is 6.88. The van der Waals surface area contributed by atoms with Gasteiger partial charge in [-0.1, -0.05) is 0 Å². The molecule has 2 atom stereocenters. The highest BCUT2D eigenvalue weighted by atomic mass is 32.1. The number of rotatable bonds is 3. The summed E-state index contributed by atoms with van der Waals surface area (Å²) in [5, 5.41) is 9.68. The minimum atomic E-state index is -0.194. The van der Waals surface area contributed by atoms with E-state index in [4.69, 9.17) is 0 Å². The number of likely N-dealkylation sites (tertiary alicyclic amines) is 1. The van der Waals surface area contributed by atoms with Crippen LogP contribution in [0.1, 0.15) is 29.6 Å². The smallest absolute Gasteiger partial charge is 0.194 e. The minimum absolute atomic E-state index is 0.194. The van der Waals surface area contributed by atoms with Gasteiger partial charge in [0.2, 0.25) is 0 Å². The number of aromatic nitrogens is 2. The van der Waals surface area contributed by atoms with Crippen molar-refractivity contribution in [2.75, 3.05) is 13.1 Å². The molecule has 0 amide bonds. The van der Waals surface area contributed by atoms with Crippen LogP contribution < -0.4 is 0 Å². The number of aliphatic hydroxyl groups excluding tert-OH is 1. The Labute approximate surface area is 117 Å². The molecule has 5 heteroatoms. The van der Waals surface area contributed by atoms with Crippen molar-refractivity contribution in [3.63, 3.8) is 0 Å². The highest BCUT2D eigenvalue weighted by Gasteiger charge is 2.27. The van der Waals surface area contributed by atoms with E-state index in [9.17, 15) is 5.11 Å². The van der Waals surface area contributed by atoms with Crippen molar-refractivity contribution in [1.29, 1.82) is 0 Å². The van der Waals surface area contributed by atoms with E-state index < -0.39 is 0 Å². The molecule has 19 heavy (non-hydrogen) atoms. The fraction of sp³-hybridized carbons (Fsp3) is 0.643. The monoisotopic (exact) mass is 279 g/mol. The van der Waals surface area contributed by atoms with Crippen LogP contribution in [-0.4, -0.2) is 38.6 Å². The number of nitrogens with zero attached hydrogens (tertiary/aromatic N) is 3. The van der Waals surface area contributed by atoms with Crippen LogP contribution in [0.2, 0.25) is 0 Å². The van der Waals surface area contributed by atoms with Crippen LogP contribution in [-0.2, 0) is 6.54 Å². The first-order valence-corrected chi connectivity index (χ1v) is 7.70. The third kappa shape index (κ3) is 2.42. The molecule has 0 aliphatic carbocycles. The summed E-state index contributed by atoms with van der Waals surface area (Å²) < 4.78 is 2.23. The molecule has 1 N–H and O–H groups in total. The van der Waals surface area contributed by atoms with Crippen LogP contribution in [0.3, 0.4) is 0 Å². The summed E-state index contributed by atoms with van der Waals surface area (Å²) in [7, 11) is 0. The van der Waals surface area contributed by atoms with Gasteiger partial charge >= 0.3 is 0 Å². The molecule has 2 aromatic rings. The molecule has 2 aromatic heterocycles. The van der Waals surface area contributed by atoms with E-state index >= 15 is 0 Å². The molecule has 3 rings (SSSR count). The van der Waals surface area contributed by atoms with Gasteiger partial charge in [-0.2, -0.15) is 0 Å². The zero-order chi connectivity index (χ0) is 13.6. The molecule has 104 valence electrons. The lowest BCUT2D eigenvalue weighted by atomic mass is 10.0. The normalized spacial score (nSPS) is 22.4. The van der Waals surface area contributed by atoms with E-state index in [1.807, 2.05) is 6.92 Å². The number of fused-ring (bicyclic) bond motifs is 1. The van der Waals surface area contributed by atoms with Crippen LogP contribution in [0, 0.1) is 19.8 Å². The van der Waals surface area contributed by atoms with Crippen molar-refractivity contribution < 1.29 is 5.11 Å². The Morgan fingerprint density at radius 1 is 1.53 bits per heavy atom. The number of aliphatic hydroxyl groups is 1.